The van der Waals surface area contributed by atoms with Crippen LogP contribution in [0.1, 0.15) is 31.6 Å². The Labute approximate surface area is 101 Å². The van der Waals surface area contributed by atoms with Gasteiger partial charge in [-0.2, -0.15) is 0 Å². The zero-order valence-corrected chi connectivity index (χ0v) is 9.95. The standard InChI is InChI=1S/C14H18O3/c1-9-10-5-2-3-6-11(17-10)13(9)14(15)12-7-4-8-16-12/h2-4,7-11,13-15H,5-6H2,1H3/t9-,10-,11+,13-,14-/m0/s1. The topological polar surface area (TPSA) is 42.6 Å². The summed E-state index contributed by atoms with van der Waals surface area (Å²) in [5.74, 6) is 1.15. The summed E-state index contributed by atoms with van der Waals surface area (Å²) in [6.45, 7) is 2.17. The van der Waals surface area contributed by atoms with Gasteiger partial charge in [-0.3, -0.25) is 0 Å². The maximum absolute atomic E-state index is 10.4. The Morgan fingerprint density at radius 3 is 2.76 bits per heavy atom. The summed E-state index contributed by atoms with van der Waals surface area (Å²) in [5, 5.41) is 10.4. The lowest BCUT2D eigenvalue weighted by molar-refractivity contribution is 0.00642. The molecule has 0 saturated carbocycles. The second kappa shape index (κ2) is 4.31. The molecule has 17 heavy (non-hydrogen) atoms. The van der Waals surface area contributed by atoms with Gasteiger partial charge < -0.3 is 14.3 Å². The van der Waals surface area contributed by atoms with Crippen molar-refractivity contribution >= 4 is 0 Å². The van der Waals surface area contributed by atoms with Crippen molar-refractivity contribution in [1.29, 1.82) is 0 Å². The highest BCUT2D eigenvalue weighted by Crippen LogP contribution is 2.44. The molecule has 0 spiro atoms. The van der Waals surface area contributed by atoms with Gasteiger partial charge >= 0.3 is 0 Å². The minimum atomic E-state index is -0.554. The number of aliphatic hydroxyl groups excluding tert-OH is 1. The Morgan fingerprint density at radius 1 is 1.29 bits per heavy atom. The Kier molecular flexibility index (Phi) is 2.81. The van der Waals surface area contributed by atoms with Gasteiger partial charge in [-0.1, -0.05) is 19.1 Å². The minimum Gasteiger partial charge on any atom is -0.467 e. The van der Waals surface area contributed by atoms with Gasteiger partial charge in [0.25, 0.3) is 0 Å². The lowest BCUT2D eigenvalue weighted by Crippen LogP contribution is -2.27. The van der Waals surface area contributed by atoms with Crippen molar-refractivity contribution < 1.29 is 14.3 Å². The molecule has 3 heterocycles. The van der Waals surface area contributed by atoms with Crippen molar-refractivity contribution in [3.05, 3.63) is 36.3 Å². The van der Waals surface area contributed by atoms with Crippen molar-refractivity contribution in [2.45, 2.75) is 38.1 Å². The van der Waals surface area contributed by atoms with Crippen molar-refractivity contribution in [2.75, 3.05) is 0 Å². The first-order chi connectivity index (χ1) is 8.27. The molecule has 2 bridgehead atoms. The lowest BCUT2D eigenvalue weighted by atomic mass is 9.80. The van der Waals surface area contributed by atoms with Crippen LogP contribution in [0.4, 0.5) is 0 Å². The second-order valence-electron chi connectivity index (χ2n) is 5.05. The van der Waals surface area contributed by atoms with Gasteiger partial charge in [0.05, 0.1) is 18.5 Å². The third-order valence-electron chi connectivity index (χ3n) is 4.08. The smallest absolute Gasteiger partial charge is 0.132 e. The monoisotopic (exact) mass is 234 g/mol. The van der Waals surface area contributed by atoms with Crippen LogP contribution < -0.4 is 0 Å². The fourth-order valence-corrected chi connectivity index (χ4v) is 3.11. The molecular weight excluding hydrogens is 216 g/mol. The summed E-state index contributed by atoms with van der Waals surface area (Å²) in [7, 11) is 0. The van der Waals surface area contributed by atoms with E-state index in [9.17, 15) is 5.11 Å². The van der Waals surface area contributed by atoms with Crippen LogP contribution in [-0.2, 0) is 4.74 Å². The summed E-state index contributed by atoms with van der Waals surface area (Å²) < 4.78 is 11.3. The molecule has 0 unspecified atom stereocenters. The van der Waals surface area contributed by atoms with E-state index in [1.165, 1.54) is 0 Å². The van der Waals surface area contributed by atoms with Crippen LogP contribution >= 0.6 is 0 Å². The van der Waals surface area contributed by atoms with Crippen molar-refractivity contribution in [3.8, 4) is 0 Å². The predicted octanol–water partition coefficient (Wildman–Crippen LogP) is 2.68. The number of rotatable bonds is 2. The first-order valence-corrected chi connectivity index (χ1v) is 6.29. The molecular formula is C14H18O3. The SMILES string of the molecule is C[C@@H]1[C@H]([C@@H](O)c2ccco2)[C@H]2CC=CC[C@@H]1O2. The fourth-order valence-electron chi connectivity index (χ4n) is 3.11. The Morgan fingerprint density at radius 2 is 2.06 bits per heavy atom. The zero-order valence-electron chi connectivity index (χ0n) is 9.95. The van der Waals surface area contributed by atoms with Gasteiger partial charge in [0, 0.05) is 5.92 Å². The molecule has 0 aliphatic carbocycles. The molecule has 1 saturated heterocycles. The first kappa shape index (κ1) is 11.1. The van der Waals surface area contributed by atoms with Gasteiger partial charge in [0.15, 0.2) is 0 Å². The lowest BCUT2D eigenvalue weighted by Gasteiger charge is -2.25. The van der Waals surface area contributed by atoms with Crippen LogP contribution in [0.25, 0.3) is 0 Å². The van der Waals surface area contributed by atoms with Gasteiger partial charge in [-0.05, 0) is 30.9 Å². The number of furan rings is 1. The largest absolute Gasteiger partial charge is 0.467 e. The maximum atomic E-state index is 10.4. The van der Waals surface area contributed by atoms with Gasteiger partial charge in [0.1, 0.15) is 11.9 Å². The third kappa shape index (κ3) is 1.83. The van der Waals surface area contributed by atoms with Gasteiger partial charge in [-0.25, -0.2) is 0 Å². The molecule has 0 amide bonds. The van der Waals surface area contributed by atoms with Crippen LogP contribution in [0.5, 0.6) is 0 Å². The van der Waals surface area contributed by atoms with E-state index in [2.05, 4.69) is 19.1 Å². The normalized spacial score (nSPS) is 38.0. The second-order valence-corrected chi connectivity index (χ2v) is 5.05. The highest BCUT2D eigenvalue weighted by molar-refractivity contribution is 5.09. The molecule has 3 nitrogen and oxygen atoms in total. The van der Waals surface area contributed by atoms with Crippen LogP contribution in [0.3, 0.4) is 0 Å². The Balaban J connectivity index is 1.85. The number of hydrogen-bond donors (Lipinski definition) is 1. The molecule has 1 aromatic heterocycles. The summed E-state index contributed by atoms with van der Waals surface area (Å²) in [6, 6.07) is 3.65. The molecule has 1 aromatic rings. The van der Waals surface area contributed by atoms with E-state index < -0.39 is 6.10 Å². The minimum absolute atomic E-state index is 0.119. The number of ether oxygens (including phenoxy) is 1. The highest BCUT2D eigenvalue weighted by Gasteiger charge is 2.46. The quantitative estimate of drug-likeness (QED) is 0.800. The van der Waals surface area contributed by atoms with Crippen molar-refractivity contribution in [3.63, 3.8) is 0 Å². The molecule has 3 rings (SSSR count). The van der Waals surface area contributed by atoms with Crippen molar-refractivity contribution in [2.24, 2.45) is 11.8 Å². The van der Waals surface area contributed by atoms with Crippen LogP contribution in [0.15, 0.2) is 35.0 Å². The molecule has 0 radical (unpaired) electrons. The highest BCUT2D eigenvalue weighted by atomic mass is 16.5. The van der Waals surface area contributed by atoms with E-state index in [1.807, 2.05) is 12.1 Å². The fraction of sp³-hybridized carbons (Fsp3) is 0.571. The van der Waals surface area contributed by atoms with Crippen LogP contribution in [0, 0.1) is 11.8 Å². The summed E-state index contributed by atoms with van der Waals surface area (Å²) in [4.78, 5) is 0. The molecule has 92 valence electrons. The predicted molar refractivity (Wildman–Crippen MR) is 63.4 cm³/mol. The molecule has 3 heteroatoms. The van der Waals surface area contributed by atoms with E-state index in [0.29, 0.717) is 11.7 Å². The molecule has 1 fully saturated rings. The van der Waals surface area contributed by atoms with Gasteiger partial charge in [0.2, 0.25) is 0 Å². The van der Waals surface area contributed by atoms with E-state index in [1.54, 1.807) is 6.26 Å². The summed E-state index contributed by atoms with van der Waals surface area (Å²) >= 11 is 0. The number of fused-ring (bicyclic) bond motifs is 2. The van der Waals surface area contributed by atoms with E-state index in [-0.39, 0.29) is 18.1 Å². The zero-order chi connectivity index (χ0) is 11.8. The average molecular weight is 234 g/mol. The number of aliphatic hydroxyl groups is 1. The molecule has 5 atom stereocenters. The van der Waals surface area contributed by atoms with Crippen LogP contribution in [-0.4, -0.2) is 17.3 Å². The van der Waals surface area contributed by atoms with E-state index in [4.69, 9.17) is 9.15 Å². The van der Waals surface area contributed by atoms with Gasteiger partial charge in [-0.15, -0.1) is 0 Å². The van der Waals surface area contributed by atoms with E-state index in [0.717, 1.165) is 12.8 Å². The van der Waals surface area contributed by atoms with Crippen molar-refractivity contribution in [1.82, 2.24) is 0 Å². The molecule has 0 aromatic carbocycles. The summed E-state index contributed by atoms with van der Waals surface area (Å²) in [6.07, 6.45) is 7.62. The van der Waals surface area contributed by atoms with Crippen LogP contribution in [0.2, 0.25) is 0 Å². The maximum Gasteiger partial charge on any atom is 0.132 e. The molecule has 2 aliphatic heterocycles. The Hall–Kier alpha value is -1.06. The molecule has 1 N–H and O–H groups in total. The first-order valence-electron chi connectivity index (χ1n) is 6.29. The third-order valence-corrected chi connectivity index (χ3v) is 4.08. The average Bonchev–Trinajstić information content (AvgIpc) is 2.86. The van der Waals surface area contributed by atoms with E-state index >= 15 is 0 Å². The number of hydrogen-bond acceptors (Lipinski definition) is 3. The Bertz CT molecular complexity index is 396. The summed E-state index contributed by atoms with van der Waals surface area (Å²) in [5.41, 5.74) is 0. The molecule has 2 aliphatic rings.